The van der Waals surface area contributed by atoms with E-state index in [1.165, 1.54) is 0 Å². The van der Waals surface area contributed by atoms with Crippen molar-refractivity contribution in [3.8, 4) is 0 Å². The molecule has 0 amide bonds. The van der Waals surface area contributed by atoms with Gasteiger partial charge in [0.25, 0.3) is 0 Å². The summed E-state index contributed by atoms with van der Waals surface area (Å²) in [4.78, 5) is 7.85. The minimum atomic E-state index is 0.494. The van der Waals surface area contributed by atoms with Gasteiger partial charge in [-0.15, -0.1) is 0 Å². The predicted molar refractivity (Wildman–Crippen MR) is 78.0 cm³/mol. The molecule has 0 N–H and O–H groups in total. The lowest BCUT2D eigenvalue weighted by atomic mass is 10.7. The van der Waals surface area contributed by atoms with E-state index in [1.807, 2.05) is 21.5 Å². The van der Waals surface area contributed by atoms with Crippen molar-refractivity contribution in [2.45, 2.75) is 13.5 Å². The molecule has 0 aromatic carbocycles. The first-order chi connectivity index (χ1) is 10.9. The Labute approximate surface area is 129 Å². The number of nitrogens with zero attached hydrogens (tertiary/aromatic N) is 4. The molecule has 0 bridgehead atoms. The van der Waals surface area contributed by atoms with Crippen LogP contribution in [0, 0.1) is 0 Å². The third kappa shape index (κ3) is 7.32. The van der Waals surface area contributed by atoms with Crippen LogP contribution in [0.25, 0.3) is 0 Å². The fourth-order valence-electron chi connectivity index (χ4n) is 1.62. The van der Waals surface area contributed by atoms with Crippen LogP contribution in [0.2, 0.25) is 0 Å². The summed E-state index contributed by atoms with van der Waals surface area (Å²) in [7, 11) is 0. The molecule has 122 valence electrons. The quantitative estimate of drug-likeness (QED) is 0.509. The summed E-state index contributed by atoms with van der Waals surface area (Å²) in [5, 5.41) is 0. The average Bonchev–Trinajstić information content (AvgIpc) is 3.21. The Morgan fingerprint density at radius 3 is 1.36 bits per heavy atom. The van der Waals surface area contributed by atoms with Gasteiger partial charge in [-0.3, -0.25) is 0 Å². The molecule has 8 nitrogen and oxygen atoms in total. The van der Waals surface area contributed by atoms with E-state index in [9.17, 15) is 0 Å². The molecule has 22 heavy (non-hydrogen) atoms. The van der Waals surface area contributed by atoms with E-state index in [-0.39, 0.29) is 0 Å². The first-order valence-electron chi connectivity index (χ1n) is 7.17. The highest BCUT2D eigenvalue weighted by Crippen LogP contribution is 1.89. The van der Waals surface area contributed by atoms with Crippen LogP contribution in [0.5, 0.6) is 0 Å². The summed E-state index contributed by atoms with van der Waals surface area (Å²) in [6.07, 6.45) is 10.6. The molecule has 0 fully saturated rings. The minimum Gasteiger partial charge on any atom is -0.377 e. The van der Waals surface area contributed by atoms with Gasteiger partial charge in [0.05, 0.1) is 52.3 Å². The van der Waals surface area contributed by atoms with Gasteiger partial charge in [0.15, 0.2) is 0 Å². The van der Waals surface area contributed by atoms with E-state index in [0.717, 1.165) is 0 Å². The van der Waals surface area contributed by atoms with Crippen molar-refractivity contribution in [1.29, 1.82) is 0 Å². The maximum atomic E-state index is 5.40. The molecule has 0 atom stereocenters. The lowest BCUT2D eigenvalue weighted by Crippen LogP contribution is -2.13. The Bertz CT molecular complexity index is 417. The Hall–Kier alpha value is -1.74. The first kappa shape index (κ1) is 16.6. The highest BCUT2D eigenvalue weighted by atomic mass is 16.6. The zero-order chi connectivity index (χ0) is 15.3. The molecule has 0 aliphatic rings. The summed E-state index contributed by atoms with van der Waals surface area (Å²) in [6, 6.07) is 0. The van der Waals surface area contributed by atoms with Crippen LogP contribution in [0.4, 0.5) is 0 Å². The third-order valence-corrected chi connectivity index (χ3v) is 2.72. The molecular weight excluding hydrogens is 288 g/mol. The number of imidazole rings is 2. The Kier molecular flexibility index (Phi) is 8.25. The third-order valence-electron chi connectivity index (χ3n) is 2.72. The summed E-state index contributed by atoms with van der Waals surface area (Å²) in [5.41, 5.74) is 0. The maximum absolute atomic E-state index is 5.40. The van der Waals surface area contributed by atoms with Gasteiger partial charge in [0.2, 0.25) is 0 Å². The van der Waals surface area contributed by atoms with Gasteiger partial charge in [0.1, 0.15) is 13.5 Å². The molecule has 0 unspecified atom stereocenters. The highest BCUT2D eigenvalue weighted by molar-refractivity contribution is 4.72. The van der Waals surface area contributed by atoms with Crippen LogP contribution in [0.3, 0.4) is 0 Å². The molecule has 0 aliphatic heterocycles. The first-order valence-corrected chi connectivity index (χ1v) is 7.17. The summed E-state index contributed by atoms with van der Waals surface area (Å²) in [5.74, 6) is 0. The molecule has 2 rings (SSSR count). The second kappa shape index (κ2) is 10.9. The fourth-order valence-corrected chi connectivity index (χ4v) is 1.62. The highest BCUT2D eigenvalue weighted by Gasteiger charge is 1.94. The normalized spacial score (nSPS) is 11.1. The molecule has 0 aliphatic carbocycles. The van der Waals surface area contributed by atoms with Gasteiger partial charge in [-0.2, -0.15) is 0 Å². The van der Waals surface area contributed by atoms with Crippen molar-refractivity contribution in [2.75, 3.05) is 39.6 Å². The largest absolute Gasteiger partial charge is 0.377 e. The van der Waals surface area contributed by atoms with Crippen LogP contribution in [0.15, 0.2) is 37.4 Å². The molecular formula is C14H22N4O4. The van der Waals surface area contributed by atoms with E-state index in [2.05, 4.69) is 9.97 Å². The average molecular weight is 310 g/mol. The van der Waals surface area contributed by atoms with Crippen molar-refractivity contribution in [3.05, 3.63) is 37.4 Å². The summed E-state index contributed by atoms with van der Waals surface area (Å²) in [6.45, 7) is 4.29. The SMILES string of the molecule is c1cn(COCCOCCOCCOCn2ccnc2)cn1. The van der Waals surface area contributed by atoms with E-state index in [4.69, 9.17) is 18.9 Å². The van der Waals surface area contributed by atoms with Crippen molar-refractivity contribution in [2.24, 2.45) is 0 Å². The maximum Gasteiger partial charge on any atom is 0.123 e. The molecule has 2 heterocycles. The monoisotopic (exact) mass is 310 g/mol. The minimum absolute atomic E-state index is 0.494. The molecule has 2 aromatic heterocycles. The zero-order valence-corrected chi connectivity index (χ0v) is 12.5. The molecule has 0 saturated carbocycles. The van der Waals surface area contributed by atoms with E-state index in [1.54, 1.807) is 25.0 Å². The van der Waals surface area contributed by atoms with Gasteiger partial charge in [0, 0.05) is 24.8 Å². The van der Waals surface area contributed by atoms with Crippen molar-refractivity contribution in [3.63, 3.8) is 0 Å². The van der Waals surface area contributed by atoms with Crippen LogP contribution >= 0.6 is 0 Å². The Balaban J connectivity index is 1.29. The molecule has 0 saturated heterocycles. The Morgan fingerprint density at radius 2 is 1.00 bits per heavy atom. The van der Waals surface area contributed by atoms with Gasteiger partial charge < -0.3 is 28.1 Å². The summed E-state index contributed by atoms with van der Waals surface area (Å²) < 4.78 is 25.3. The molecule has 0 radical (unpaired) electrons. The smallest absolute Gasteiger partial charge is 0.123 e. The second-order valence-electron chi connectivity index (χ2n) is 4.45. The second-order valence-corrected chi connectivity index (χ2v) is 4.45. The molecule has 2 aromatic rings. The van der Waals surface area contributed by atoms with Gasteiger partial charge in [-0.05, 0) is 0 Å². The number of aromatic nitrogens is 4. The number of hydrogen-bond acceptors (Lipinski definition) is 6. The lowest BCUT2D eigenvalue weighted by Gasteiger charge is -2.08. The van der Waals surface area contributed by atoms with Crippen molar-refractivity contribution in [1.82, 2.24) is 19.1 Å². The number of ether oxygens (including phenoxy) is 4. The van der Waals surface area contributed by atoms with Crippen LogP contribution in [-0.4, -0.2) is 58.7 Å². The van der Waals surface area contributed by atoms with Crippen LogP contribution < -0.4 is 0 Å². The fraction of sp³-hybridized carbons (Fsp3) is 0.571. The van der Waals surface area contributed by atoms with Crippen molar-refractivity contribution < 1.29 is 18.9 Å². The van der Waals surface area contributed by atoms with Crippen molar-refractivity contribution >= 4 is 0 Å². The predicted octanol–water partition coefficient (Wildman–Crippen LogP) is 0.761. The molecule has 0 spiro atoms. The molecule has 8 heteroatoms. The van der Waals surface area contributed by atoms with Gasteiger partial charge in [-0.1, -0.05) is 0 Å². The lowest BCUT2D eigenvalue weighted by molar-refractivity contribution is -0.0188. The standard InChI is InChI=1S/C14H22N4O4/c1-3-17(11-15-1)13-21-9-7-19-5-6-20-8-10-22-14-18-4-2-16-12-18/h1-4,11-12H,5-10,13-14H2. The Morgan fingerprint density at radius 1 is 0.591 bits per heavy atom. The zero-order valence-electron chi connectivity index (χ0n) is 12.5. The van der Waals surface area contributed by atoms with E-state index >= 15 is 0 Å². The van der Waals surface area contributed by atoms with Crippen LogP contribution in [-0.2, 0) is 32.4 Å². The van der Waals surface area contributed by atoms with Gasteiger partial charge >= 0.3 is 0 Å². The topological polar surface area (TPSA) is 72.6 Å². The van der Waals surface area contributed by atoms with Gasteiger partial charge in [-0.25, -0.2) is 9.97 Å². The number of rotatable bonds is 13. The van der Waals surface area contributed by atoms with Crippen LogP contribution in [0.1, 0.15) is 0 Å². The summed E-state index contributed by atoms with van der Waals surface area (Å²) >= 11 is 0. The number of hydrogen-bond donors (Lipinski definition) is 0. The van der Waals surface area contributed by atoms with E-state index < -0.39 is 0 Å². The van der Waals surface area contributed by atoms with E-state index in [0.29, 0.717) is 53.1 Å².